The summed E-state index contributed by atoms with van der Waals surface area (Å²) in [5, 5.41) is 0.975. The summed E-state index contributed by atoms with van der Waals surface area (Å²) in [7, 11) is 0. The number of halogens is 1. The molecule has 0 saturated heterocycles. The van der Waals surface area contributed by atoms with Crippen LogP contribution < -0.4 is 0 Å². The molecular formula is C8H15Br. The second-order valence-corrected chi connectivity index (χ2v) is 4.04. The molecule has 0 aromatic carbocycles. The topological polar surface area (TPSA) is 0 Å². The molecule has 0 amide bonds. The first kappa shape index (κ1) is 9.22. The summed E-state index contributed by atoms with van der Waals surface area (Å²) in [6.45, 7) is 6.72. The molecule has 0 aliphatic carbocycles. The van der Waals surface area contributed by atoms with E-state index in [1.807, 2.05) is 0 Å². The first-order valence-electron chi connectivity index (χ1n) is 3.27. The molecular weight excluding hydrogens is 176 g/mol. The van der Waals surface area contributed by atoms with E-state index < -0.39 is 0 Å². The van der Waals surface area contributed by atoms with Gasteiger partial charge in [0.05, 0.1) is 0 Å². The fourth-order valence-corrected chi connectivity index (χ4v) is 0.764. The molecule has 0 aromatic heterocycles. The van der Waals surface area contributed by atoms with E-state index in [4.69, 9.17) is 0 Å². The van der Waals surface area contributed by atoms with E-state index in [2.05, 4.69) is 48.9 Å². The van der Waals surface area contributed by atoms with Crippen LogP contribution in [0.1, 0.15) is 27.2 Å². The van der Waals surface area contributed by atoms with E-state index >= 15 is 0 Å². The molecule has 0 unspecified atom stereocenters. The van der Waals surface area contributed by atoms with Crippen molar-refractivity contribution in [3.63, 3.8) is 0 Å². The van der Waals surface area contributed by atoms with E-state index in [1.165, 1.54) is 6.42 Å². The lowest BCUT2D eigenvalue weighted by Crippen LogP contribution is -2.01. The molecule has 0 aliphatic heterocycles. The second kappa shape index (κ2) is 4.10. The molecule has 0 nitrogen and oxygen atoms in total. The van der Waals surface area contributed by atoms with Crippen molar-refractivity contribution in [1.29, 1.82) is 0 Å². The van der Waals surface area contributed by atoms with Crippen molar-refractivity contribution in [2.75, 3.05) is 5.33 Å². The normalized spacial score (nSPS) is 12.9. The van der Waals surface area contributed by atoms with Gasteiger partial charge < -0.3 is 0 Å². The van der Waals surface area contributed by atoms with Gasteiger partial charge >= 0.3 is 0 Å². The highest BCUT2D eigenvalue weighted by Gasteiger charge is 2.05. The standard InChI is InChI=1S/C8H15Br/c1-8(2,3)6-4-5-7-9/h4-5H,6-7H2,1-3H3/b5-4-. The van der Waals surface area contributed by atoms with Gasteiger partial charge in [0.15, 0.2) is 0 Å². The van der Waals surface area contributed by atoms with Crippen molar-refractivity contribution in [2.24, 2.45) is 5.41 Å². The van der Waals surface area contributed by atoms with E-state index in [9.17, 15) is 0 Å². The van der Waals surface area contributed by atoms with Crippen LogP contribution in [-0.2, 0) is 0 Å². The van der Waals surface area contributed by atoms with Gasteiger partial charge in [0, 0.05) is 5.33 Å². The molecule has 0 aliphatic rings. The number of allylic oxidation sites excluding steroid dienone is 2. The average Bonchev–Trinajstić information content (AvgIpc) is 1.63. The maximum absolute atomic E-state index is 3.33. The van der Waals surface area contributed by atoms with E-state index in [-0.39, 0.29) is 0 Å². The zero-order valence-corrected chi connectivity index (χ0v) is 8.03. The van der Waals surface area contributed by atoms with Crippen LogP contribution in [0.4, 0.5) is 0 Å². The van der Waals surface area contributed by atoms with Crippen LogP contribution in [0.2, 0.25) is 0 Å². The van der Waals surface area contributed by atoms with Crippen molar-refractivity contribution >= 4 is 15.9 Å². The van der Waals surface area contributed by atoms with Gasteiger partial charge in [-0.15, -0.1) is 0 Å². The molecule has 1 heteroatoms. The zero-order valence-electron chi connectivity index (χ0n) is 6.45. The van der Waals surface area contributed by atoms with Crippen molar-refractivity contribution < 1.29 is 0 Å². The summed E-state index contributed by atoms with van der Waals surface area (Å²) in [5.74, 6) is 0. The molecule has 0 spiro atoms. The smallest absolute Gasteiger partial charge is 0.0212 e. The largest absolute Gasteiger partial charge is 0.0883 e. The minimum absolute atomic E-state index is 0.443. The van der Waals surface area contributed by atoms with E-state index in [0.29, 0.717) is 5.41 Å². The molecule has 0 rings (SSSR count). The maximum atomic E-state index is 3.33. The first-order valence-corrected chi connectivity index (χ1v) is 4.39. The van der Waals surface area contributed by atoms with Crippen molar-refractivity contribution in [2.45, 2.75) is 27.2 Å². The highest BCUT2D eigenvalue weighted by Crippen LogP contribution is 2.18. The van der Waals surface area contributed by atoms with Crippen molar-refractivity contribution in [3.05, 3.63) is 12.2 Å². The van der Waals surface area contributed by atoms with Crippen LogP contribution in [0, 0.1) is 5.41 Å². The Bertz CT molecular complexity index is 87.2. The van der Waals surface area contributed by atoms with Gasteiger partial charge in [-0.25, -0.2) is 0 Å². The number of alkyl halides is 1. The number of rotatable bonds is 2. The van der Waals surface area contributed by atoms with Crippen LogP contribution >= 0.6 is 15.9 Å². The first-order chi connectivity index (χ1) is 4.06. The second-order valence-electron chi connectivity index (χ2n) is 3.39. The SMILES string of the molecule is CC(C)(C)C/C=C\CBr. The monoisotopic (exact) mass is 190 g/mol. The van der Waals surface area contributed by atoms with Gasteiger partial charge in [-0.05, 0) is 11.8 Å². The highest BCUT2D eigenvalue weighted by atomic mass is 79.9. The van der Waals surface area contributed by atoms with Gasteiger partial charge in [-0.1, -0.05) is 48.9 Å². The minimum Gasteiger partial charge on any atom is -0.0883 e. The Morgan fingerprint density at radius 2 is 1.78 bits per heavy atom. The fraction of sp³-hybridized carbons (Fsp3) is 0.750. The molecule has 0 radical (unpaired) electrons. The third kappa shape index (κ3) is 8.22. The predicted molar refractivity (Wildman–Crippen MR) is 47.0 cm³/mol. The van der Waals surface area contributed by atoms with Gasteiger partial charge in [0.1, 0.15) is 0 Å². The van der Waals surface area contributed by atoms with Crippen molar-refractivity contribution in [3.8, 4) is 0 Å². The molecule has 54 valence electrons. The van der Waals surface area contributed by atoms with Crippen molar-refractivity contribution in [1.82, 2.24) is 0 Å². The highest BCUT2D eigenvalue weighted by molar-refractivity contribution is 9.09. The lowest BCUT2D eigenvalue weighted by molar-refractivity contribution is 0.420. The van der Waals surface area contributed by atoms with Crippen LogP contribution in [-0.4, -0.2) is 5.33 Å². The Labute approximate surface area is 66.5 Å². The number of hydrogen-bond acceptors (Lipinski definition) is 0. The Morgan fingerprint density at radius 1 is 1.22 bits per heavy atom. The molecule has 0 heterocycles. The molecule has 0 bridgehead atoms. The zero-order chi connectivity index (χ0) is 7.33. The quantitative estimate of drug-likeness (QED) is 0.463. The Balaban J connectivity index is 3.38. The molecule has 9 heavy (non-hydrogen) atoms. The minimum atomic E-state index is 0.443. The fourth-order valence-electron chi connectivity index (χ4n) is 0.500. The average molecular weight is 191 g/mol. The third-order valence-electron chi connectivity index (χ3n) is 0.986. The summed E-state index contributed by atoms with van der Waals surface area (Å²) >= 11 is 3.33. The Hall–Kier alpha value is 0.220. The molecule has 0 aromatic rings. The summed E-state index contributed by atoms with van der Waals surface area (Å²) in [5.41, 5.74) is 0.443. The Kier molecular flexibility index (Phi) is 4.20. The maximum Gasteiger partial charge on any atom is 0.0212 e. The van der Waals surface area contributed by atoms with Gasteiger partial charge in [-0.2, -0.15) is 0 Å². The lowest BCUT2D eigenvalue weighted by atomic mass is 9.92. The van der Waals surface area contributed by atoms with E-state index in [1.54, 1.807) is 0 Å². The predicted octanol–water partition coefficient (Wildman–Crippen LogP) is 3.37. The van der Waals surface area contributed by atoms with Crippen LogP contribution in [0.15, 0.2) is 12.2 Å². The number of hydrogen-bond donors (Lipinski definition) is 0. The van der Waals surface area contributed by atoms with E-state index in [0.717, 1.165) is 5.33 Å². The van der Waals surface area contributed by atoms with Crippen LogP contribution in [0.5, 0.6) is 0 Å². The summed E-state index contributed by atoms with van der Waals surface area (Å²) in [4.78, 5) is 0. The summed E-state index contributed by atoms with van der Waals surface area (Å²) in [6.07, 6.45) is 5.53. The summed E-state index contributed by atoms with van der Waals surface area (Å²) in [6, 6.07) is 0. The Morgan fingerprint density at radius 3 is 2.11 bits per heavy atom. The van der Waals surface area contributed by atoms with Crippen LogP contribution in [0.25, 0.3) is 0 Å². The lowest BCUT2D eigenvalue weighted by Gasteiger charge is -2.14. The molecule has 0 atom stereocenters. The third-order valence-corrected chi connectivity index (χ3v) is 1.36. The van der Waals surface area contributed by atoms with Crippen LogP contribution in [0.3, 0.4) is 0 Å². The van der Waals surface area contributed by atoms with Gasteiger partial charge in [0.2, 0.25) is 0 Å². The van der Waals surface area contributed by atoms with Gasteiger partial charge in [-0.3, -0.25) is 0 Å². The molecule has 0 N–H and O–H groups in total. The van der Waals surface area contributed by atoms with Gasteiger partial charge in [0.25, 0.3) is 0 Å². The molecule has 0 saturated carbocycles. The summed E-state index contributed by atoms with van der Waals surface area (Å²) < 4.78 is 0. The molecule has 0 fully saturated rings.